The van der Waals surface area contributed by atoms with Crippen LogP contribution in [-0.4, -0.2) is 34.2 Å². The van der Waals surface area contributed by atoms with Crippen molar-refractivity contribution in [3.8, 4) is 23.0 Å². The Morgan fingerprint density at radius 2 is 1.62 bits per heavy atom. The molecule has 0 radical (unpaired) electrons. The maximum atomic E-state index is 12.9. The SMILES string of the molecule is COc1ccc(/C=C2\Cc3c(cc(OC)c(OC)c3OC)C2=O)cc1Br. The van der Waals surface area contributed by atoms with Crippen LogP contribution in [0, 0.1) is 0 Å². The largest absolute Gasteiger partial charge is 0.496 e. The van der Waals surface area contributed by atoms with Crippen LogP contribution in [0.25, 0.3) is 6.08 Å². The quantitative estimate of drug-likeness (QED) is 0.677. The predicted octanol–water partition coefficient (Wildman–Crippen LogP) is 4.31. The van der Waals surface area contributed by atoms with Crippen molar-refractivity contribution in [2.75, 3.05) is 28.4 Å². The molecule has 0 N–H and O–H groups in total. The second kappa shape index (κ2) is 7.41. The number of benzene rings is 2. The Bertz CT molecular complexity index is 902. The van der Waals surface area contributed by atoms with Gasteiger partial charge in [0.15, 0.2) is 17.3 Å². The first kappa shape index (κ1) is 18.3. The van der Waals surface area contributed by atoms with Crippen molar-refractivity contribution in [2.24, 2.45) is 0 Å². The molecule has 1 aliphatic carbocycles. The highest BCUT2D eigenvalue weighted by Crippen LogP contribution is 2.46. The van der Waals surface area contributed by atoms with Gasteiger partial charge < -0.3 is 18.9 Å². The van der Waals surface area contributed by atoms with Crippen molar-refractivity contribution < 1.29 is 23.7 Å². The van der Waals surface area contributed by atoms with Crippen LogP contribution in [0.5, 0.6) is 23.0 Å². The molecule has 0 unspecified atom stereocenters. The minimum Gasteiger partial charge on any atom is -0.496 e. The maximum Gasteiger partial charge on any atom is 0.203 e. The summed E-state index contributed by atoms with van der Waals surface area (Å²) in [5.74, 6) is 2.21. The summed E-state index contributed by atoms with van der Waals surface area (Å²) in [5.41, 5.74) is 2.99. The van der Waals surface area contributed by atoms with Crippen LogP contribution in [0.15, 0.2) is 34.3 Å². The van der Waals surface area contributed by atoms with Gasteiger partial charge in [-0.3, -0.25) is 4.79 Å². The number of ketones is 1. The third kappa shape index (κ3) is 3.05. The number of carbonyl (C=O) groups is 1. The van der Waals surface area contributed by atoms with Gasteiger partial charge in [-0.25, -0.2) is 0 Å². The second-order valence-electron chi connectivity index (χ2n) is 5.74. The molecule has 6 heteroatoms. The van der Waals surface area contributed by atoms with E-state index in [1.54, 1.807) is 27.4 Å². The fourth-order valence-electron chi connectivity index (χ4n) is 3.13. The van der Waals surface area contributed by atoms with E-state index in [0.717, 1.165) is 21.3 Å². The fourth-order valence-corrected chi connectivity index (χ4v) is 3.69. The van der Waals surface area contributed by atoms with Crippen LogP contribution in [0.1, 0.15) is 21.5 Å². The van der Waals surface area contributed by atoms with E-state index in [9.17, 15) is 4.79 Å². The normalized spacial score (nSPS) is 14.3. The predicted molar refractivity (Wildman–Crippen MR) is 103 cm³/mol. The summed E-state index contributed by atoms with van der Waals surface area (Å²) in [6.45, 7) is 0. The molecule has 0 saturated carbocycles. The second-order valence-corrected chi connectivity index (χ2v) is 6.60. The molecule has 5 nitrogen and oxygen atoms in total. The van der Waals surface area contributed by atoms with E-state index in [1.807, 2.05) is 24.3 Å². The van der Waals surface area contributed by atoms with Gasteiger partial charge in [-0.15, -0.1) is 0 Å². The van der Waals surface area contributed by atoms with Gasteiger partial charge in [0, 0.05) is 23.1 Å². The number of methoxy groups -OCH3 is 4. The Labute approximate surface area is 160 Å². The summed E-state index contributed by atoms with van der Waals surface area (Å²) in [7, 11) is 6.26. The first-order valence-electron chi connectivity index (χ1n) is 7.94. The number of Topliss-reactive ketones (excluding diaryl/α,β-unsaturated/α-hetero) is 1. The van der Waals surface area contributed by atoms with E-state index < -0.39 is 0 Å². The minimum atomic E-state index is -0.0359. The van der Waals surface area contributed by atoms with Crippen LogP contribution in [0.4, 0.5) is 0 Å². The van der Waals surface area contributed by atoms with E-state index in [4.69, 9.17) is 18.9 Å². The molecular weight excluding hydrogens is 400 g/mol. The summed E-state index contributed by atoms with van der Waals surface area (Å²) < 4.78 is 22.3. The van der Waals surface area contributed by atoms with Crippen molar-refractivity contribution in [1.29, 1.82) is 0 Å². The molecule has 0 amide bonds. The van der Waals surface area contributed by atoms with E-state index in [1.165, 1.54) is 7.11 Å². The summed E-state index contributed by atoms with van der Waals surface area (Å²) >= 11 is 3.47. The molecular formula is C20H19BrO5. The molecule has 0 bridgehead atoms. The molecule has 26 heavy (non-hydrogen) atoms. The zero-order valence-electron chi connectivity index (χ0n) is 15.0. The van der Waals surface area contributed by atoms with Gasteiger partial charge in [0.2, 0.25) is 5.75 Å². The van der Waals surface area contributed by atoms with Gasteiger partial charge in [-0.2, -0.15) is 0 Å². The summed E-state index contributed by atoms with van der Waals surface area (Å²) in [6, 6.07) is 7.39. The summed E-state index contributed by atoms with van der Waals surface area (Å²) in [5, 5.41) is 0. The molecule has 0 spiro atoms. The Morgan fingerprint density at radius 1 is 0.923 bits per heavy atom. The smallest absolute Gasteiger partial charge is 0.203 e. The molecule has 3 rings (SSSR count). The van der Waals surface area contributed by atoms with E-state index in [-0.39, 0.29) is 5.78 Å². The molecule has 2 aromatic carbocycles. The average Bonchev–Trinajstić information content (AvgIpc) is 2.95. The number of hydrogen-bond donors (Lipinski definition) is 0. The van der Waals surface area contributed by atoms with Gasteiger partial charge in [0.05, 0.1) is 32.9 Å². The topological polar surface area (TPSA) is 54.0 Å². The first-order valence-corrected chi connectivity index (χ1v) is 8.74. The summed E-state index contributed by atoms with van der Waals surface area (Å²) in [4.78, 5) is 12.9. The van der Waals surface area contributed by atoms with Crippen LogP contribution in [-0.2, 0) is 6.42 Å². The fraction of sp³-hybridized carbons (Fsp3) is 0.250. The Morgan fingerprint density at radius 3 is 2.19 bits per heavy atom. The third-order valence-corrected chi connectivity index (χ3v) is 4.97. The molecule has 1 aliphatic rings. The molecule has 0 aromatic heterocycles. The Hall–Kier alpha value is -2.47. The molecule has 0 aliphatic heterocycles. The number of rotatable bonds is 5. The van der Waals surface area contributed by atoms with Gasteiger partial charge >= 0.3 is 0 Å². The van der Waals surface area contributed by atoms with Crippen molar-refractivity contribution in [3.05, 3.63) is 51.0 Å². The summed E-state index contributed by atoms with van der Waals surface area (Å²) in [6.07, 6.45) is 2.35. The van der Waals surface area contributed by atoms with E-state index in [2.05, 4.69) is 15.9 Å². The van der Waals surface area contributed by atoms with Crippen molar-refractivity contribution in [3.63, 3.8) is 0 Å². The molecule has 136 valence electrons. The van der Waals surface area contributed by atoms with Gasteiger partial charge in [-0.05, 0) is 45.8 Å². The molecule has 0 fully saturated rings. The van der Waals surface area contributed by atoms with Gasteiger partial charge in [0.1, 0.15) is 5.75 Å². The lowest BCUT2D eigenvalue weighted by molar-refractivity contribution is 0.104. The number of carbonyl (C=O) groups excluding carboxylic acids is 1. The first-order chi connectivity index (χ1) is 12.5. The Balaban J connectivity index is 2.06. The zero-order valence-corrected chi connectivity index (χ0v) is 16.6. The van der Waals surface area contributed by atoms with Crippen molar-refractivity contribution in [1.82, 2.24) is 0 Å². The van der Waals surface area contributed by atoms with Gasteiger partial charge in [0.25, 0.3) is 0 Å². The lowest BCUT2D eigenvalue weighted by Gasteiger charge is -2.15. The standard InChI is InChI=1S/C20H19BrO5/c1-23-16-6-5-11(8-15(16)21)7-12-9-14-13(18(12)22)10-17(24-2)20(26-4)19(14)25-3/h5-8,10H,9H2,1-4H3/b12-7+. The number of ether oxygens (including phenoxy) is 4. The number of fused-ring (bicyclic) bond motifs is 1. The van der Waals surface area contributed by atoms with Crippen LogP contribution in [0.3, 0.4) is 0 Å². The van der Waals surface area contributed by atoms with Crippen LogP contribution < -0.4 is 18.9 Å². The highest BCUT2D eigenvalue weighted by molar-refractivity contribution is 9.10. The third-order valence-electron chi connectivity index (χ3n) is 4.35. The van der Waals surface area contributed by atoms with Crippen molar-refractivity contribution in [2.45, 2.75) is 6.42 Å². The highest BCUT2D eigenvalue weighted by atomic mass is 79.9. The maximum absolute atomic E-state index is 12.9. The number of allylic oxidation sites excluding steroid dienone is 1. The molecule has 2 aromatic rings. The highest BCUT2D eigenvalue weighted by Gasteiger charge is 2.32. The number of halogens is 1. The molecule has 0 heterocycles. The van der Waals surface area contributed by atoms with Crippen molar-refractivity contribution >= 4 is 27.8 Å². The number of hydrogen-bond acceptors (Lipinski definition) is 5. The average molecular weight is 419 g/mol. The lowest BCUT2D eigenvalue weighted by atomic mass is 10.1. The van der Waals surface area contributed by atoms with Crippen LogP contribution in [0.2, 0.25) is 0 Å². The Kier molecular flexibility index (Phi) is 5.23. The van der Waals surface area contributed by atoms with Gasteiger partial charge in [-0.1, -0.05) is 6.07 Å². The van der Waals surface area contributed by atoms with E-state index in [0.29, 0.717) is 34.8 Å². The minimum absolute atomic E-state index is 0.0359. The molecule has 0 atom stereocenters. The lowest BCUT2D eigenvalue weighted by Crippen LogP contribution is -2.00. The van der Waals surface area contributed by atoms with Crippen LogP contribution >= 0.6 is 15.9 Å². The zero-order chi connectivity index (χ0) is 18.8. The molecule has 0 saturated heterocycles. The van der Waals surface area contributed by atoms with E-state index >= 15 is 0 Å². The monoisotopic (exact) mass is 418 g/mol.